The van der Waals surface area contributed by atoms with Gasteiger partial charge in [-0.25, -0.2) is 8.42 Å². The number of rotatable bonds is 4. The highest BCUT2D eigenvalue weighted by atomic mass is 32.2. The molecule has 1 aliphatic rings. The quantitative estimate of drug-likeness (QED) is 0.788. The number of hydrogen-bond donors (Lipinski definition) is 0. The van der Waals surface area contributed by atoms with Crippen LogP contribution in [0.2, 0.25) is 0 Å². The van der Waals surface area contributed by atoms with Crippen LogP contribution >= 0.6 is 0 Å². The molecule has 0 aliphatic carbocycles. The molecule has 3 rings (SSSR count). The smallest absolute Gasteiger partial charge is 0.216 e. The Morgan fingerprint density at radius 1 is 1.20 bits per heavy atom. The maximum absolute atomic E-state index is 12.7. The zero-order valence-electron chi connectivity index (χ0n) is 13.5. The van der Waals surface area contributed by atoms with Crippen molar-refractivity contribution in [2.24, 2.45) is 0 Å². The Hall–Kier alpha value is -3.04. The van der Waals surface area contributed by atoms with Gasteiger partial charge in [0.1, 0.15) is 29.1 Å². The van der Waals surface area contributed by atoms with Crippen molar-refractivity contribution in [2.45, 2.75) is 4.90 Å². The van der Waals surface area contributed by atoms with Crippen LogP contribution < -0.4 is 9.47 Å². The first-order valence-corrected chi connectivity index (χ1v) is 8.96. The molecular formula is C19H15NO4S. The maximum atomic E-state index is 12.7. The molecule has 0 bridgehead atoms. The van der Waals surface area contributed by atoms with E-state index in [0.29, 0.717) is 11.3 Å². The van der Waals surface area contributed by atoms with Crippen molar-refractivity contribution in [3.63, 3.8) is 0 Å². The van der Waals surface area contributed by atoms with Crippen molar-refractivity contribution in [3.8, 4) is 17.6 Å². The third-order valence-corrected chi connectivity index (χ3v) is 5.42. The Morgan fingerprint density at radius 2 is 1.92 bits per heavy atom. The van der Waals surface area contributed by atoms with E-state index in [2.05, 4.69) is 0 Å². The summed E-state index contributed by atoms with van der Waals surface area (Å²) in [6.45, 7) is 0.209. The predicted molar refractivity (Wildman–Crippen MR) is 93.8 cm³/mol. The van der Waals surface area contributed by atoms with E-state index in [-0.39, 0.29) is 16.4 Å². The monoisotopic (exact) mass is 353 g/mol. The van der Waals surface area contributed by atoms with Crippen molar-refractivity contribution in [1.29, 1.82) is 5.26 Å². The van der Waals surface area contributed by atoms with E-state index in [9.17, 15) is 13.7 Å². The first kappa shape index (κ1) is 16.8. The molecule has 6 heteroatoms. The van der Waals surface area contributed by atoms with Gasteiger partial charge < -0.3 is 9.47 Å². The summed E-state index contributed by atoms with van der Waals surface area (Å²) in [4.78, 5) is -0.286. The fraction of sp³-hybridized carbons (Fsp3) is 0.105. The molecular weight excluding hydrogens is 338 g/mol. The van der Waals surface area contributed by atoms with Crippen molar-refractivity contribution in [3.05, 3.63) is 70.6 Å². The third kappa shape index (κ3) is 3.42. The Labute approximate surface area is 146 Å². The summed E-state index contributed by atoms with van der Waals surface area (Å²) in [6.07, 6.45) is 3.18. The Balaban J connectivity index is 1.98. The summed E-state index contributed by atoms with van der Waals surface area (Å²) >= 11 is 0. The Kier molecular flexibility index (Phi) is 4.59. The largest absolute Gasteiger partial charge is 0.497 e. The fourth-order valence-electron chi connectivity index (χ4n) is 2.44. The van der Waals surface area contributed by atoms with Crippen molar-refractivity contribution in [2.75, 3.05) is 13.7 Å². The number of hydrogen-bond acceptors (Lipinski definition) is 5. The molecule has 0 spiro atoms. The van der Waals surface area contributed by atoms with Crippen molar-refractivity contribution < 1.29 is 17.9 Å². The van der Waals surface area contributed by atoms with Crippen LogP contribution in [-0.2, 0) is 9.84 Å². The summed E-state index contributed by atoms with van der Waals surface area (Å²) in [6, 6.07) is 15.1. The SMILES string of the molecule is COc1ccc(S(=O)(=O)C(C#N)=CC2=Cc3ccccc3OC2)cc1. The number of methoxy groups -OCH3 is 1. The second-order valence-electron chi connectivity index (χ2n) is 5.35. The highest BCUT2D eigenvalue weighted by Gasteiger charge is 2.22. The average Bonchev–Trinajstić information content (AvgIpc) is 2.65. The Bertz CT molecular complexity index is 996. The Morgan fingerprint density at radius 3 is 2.60 bits per heavy atom. The van der Waals surface area contributed by atoms with Crippen molar-refractivity contribution in [1.82, 2.24) is 0 Å². The lowest BCUT2D eigenvalue weighted by Crippen LogP contribution is -2.09. The topological polar surface area (TPSA) is 76.4 Å². The van der Waals surface area contributed by atoms with Crippen LogP contribution in [0.1, 0.15) is 5.56 Å². The van der Waals surface area contributed by atoms with Gasteiger partial charge in [-0.1, -0.05) is 18.2 Å². The van der Waals surface area contributed by atoms with Crippen LogP contribution in [0.25, 0.3) is 6.08 Å². The molecule has 0 N–H and O–H groups in total. The van der Waals surface area contributed by atoms with E-state index >= 15 is 0 Å². The summed E-state index contributed by atoms with van der Waals surface area (Å²) < 4.78 is 36.0. The molecule has 126 valence electrons. The van der Waals surface area contributed by atoms with Crippen LogP contribution in [0.15, 0.2) is 70.0 Å². The zero-order valence-corrected chi connectivity index (χ0v) is 14.3. The van der Waals surface area contributed by atoms with E-state index in [1.807, 2.05) is 30.3 Å². The van der Waals surface area contributed by atoms with Crippen LogP contribution in [-0.4, -0.2) is 22.1 Å². The van der Waals surface area contributed by atoms with Crippen LogP contribution in [0.3, 0.4) is 0 Å². The normalized spacial score (nSPS) is 13.9. The molecule has 0 aromatic heterocycles. The molecule has 2 aromatic carbocycles. The molecule has 0 radical (unpaired) electrons. The van der Waals surface area contributed by atoms with Gasteiger partial charge in [-0.15, -0.1) is 0 Å². The predicted octanol–water partition coefficient (Wildman–Crippen LogP) is 3.35. The number of ether oxygens (including phenoxy) is 2. The lowest BCUT2D eigenvalue weighted by molar-refractivity contribution is 0.351. The van der Waals surface area contributed by atoms with Gasteiger partial charge in [0.15, 0.2) is 0 Å². The molecule has 1 aliphatic heterocycles. The van der Waals surface area contributed by atoms with Crippen LogP contribution in [0, 0.1) is 11.3 Å². The van der Waals surface area contributed by atoms with Gasteiger partial charge in [-0.2, -0.15) is 5.26 Å². The average molecular weight is 353 g/mol. The molecule has 0 saturated carbocycles. The summed E-state index contributed by atoms with van der Waals surface area (Å²) in [5.74, 6) is 1.28. The molecule has 5 nitrogen and oxygen atoms in total. The standard InChI is InChI=1S/C19H15NO4S/c1-23-16-6-8-17(9-7-16)25(21,22)18(12-20)11-14-10-15-4-2-3-5-19(15)24-13-14/h2-11H,13H2,1H3. The number of allylic oxidation sites excluding steroid dienone is 1. The van der Waals surface area contributed by atoms with Gasteiger partial charge in [-0.05, 0) is 48.1 Å². The van der Waals surface area contributed by atoms with Gasteiger partial charge in [0, 0.05) is 5.56 Å². The second kappa shape index (κ2) is 6.83. The molecule has 0 fully saturated rings. The molecule has 1 heterocycles. The number of para-hydroxylation sites is 1. The molecule has 0 unspecified atom stereocenters. The number of benzene rings is 2. The first-order chi connectivity index (χ1) is 12.0. The van der Waals surface area contributed by atoms with Gasteiger partial charge >= 0.3 is 0 Å². The van der Waals surface area contributed by atoms with E-state index in [4.69, 9.17) is 9.47 Å². The maximum Gasteiger partial charge on any atom is 0.216 e. The van der Waals surface area contributed by atoms with Gasteiger partial charge in [0.2, 0.25) is 9.84 Å². The molecule has 0 saturated heterocycles. The summed E-state index contributed by atoms with van der Waals surface area (Å²) in [5, 5.41) is 9.36. The first-order valence-electron chi connectivity index (χ1n) is 7.48. The van der Waals surface area contributed by atoms with Crippen LogP contribution in [0.5, 0.6) is 11.5 Å². The highest BCUT2D eigenvalue weighted by molar-refractivity contribution is 7.95. The fourth-order valence-corrected chi connectivity index (χ4v) is 3.61. The van der Waals surface area contributed by atoms with E-state index in [1.54, 1.807) is 18.2 Å². The molecule has 2 aromatic rings. The molecule has 25 heavy (non-hydrogen) atoms. The summed E-state index contributed by atoms with van der Waals surface area (Å²) in [7, 11) is -2.41. The van der Waals surface area contributed by atoms with Gasteiger partial charge in [0.05, 0.1) is 12.0 Å². The second-order valence-corrected chi connectivity index (χ2v) is 7.26. The minimum atomic E-state index is -3.90. The van der Waals surface area contributed by atoms with E-state index < -0.39 is 9.84 Å². The van der Waals surface area contributed by atoms with E-state index in [1.165, 1.54) is 25.3 Å². The molecule has 0 amide bonds. The minimum absolute atomic E-state index is 0.0406. The lowest BCUT2D eigenvalue weighted by Gasteiger charge is -2.16. The van der Waals surface area contributed by atoms with Crippen molar-refractivity contribution >= 4 is 15.9 Å². The number of sulfone groups is 1. The van der Waals surface area contributed by atoms with Gasteiger partial charge in [0.25, 0.3) is 0 Å². The number of nitriles is 1. The number of nitrogens with zero attached hydrogens (tertiary/aromatic N) is 1. The lowest BCUT2D eigenvalue weighted by atomic mass is 10.1. The van der Waals surface area contributed by atoms with Crippen LogP contribution in [0.4, 0.5) is 0 Å². The summed E-state index contributed by atoms with van der Waals surface area (Å²) in [5.41, 5.74) is 1.46. The highest BCUT2D eigenvalue weighted by Crippen LogP contribution is 2.28. The van der Waals surface area contributed by atoms with E-state index in [0.717, 1.165) is 11.3 Å². The number of fused-ring (bicyclic) bond motifs is 1. The third-order valence-electron chi connectivity index (χ3n) is 3.74. The minimum Gasteiger partial charge on any atom is -0.497 e. The zero-order chi connectivity index (χ0) is 17.9. The molecule has 0 atom stereocenters. The van der Waals surface area contributed by atoms with Gasteiger partial charge in [-0.3, -0.25) is 0 Å².